The van der Waals surface area contributed by atoms with E-state index < -0.39 is 77.6 Å². The summed E-state index contributed by atoms with van der Waals surface area (Å²) >= 11 is 0. The molecule has 2 bridgehead atoms. The van der Waals surface area contributed by atoms with E-state index in [-0.39, 0.29) is 62.2 Å². The molecule has 0 aliphatic carbocycles. The molecule has 0 aromatic heterocycles. The molecule has 0 saturated carbocycles. The molecule has 4 heterocycles. The zero-order chi connectivity index (χ0) is 41.8. The molecular weight excluding hydrogens is 742 g/mol. The Kier molecular flexibility index (Phi) is 14.4. The number of aliphatic hydroxyl groups excluding tert-OH is 1. The third kappa shape index (κ3) is 9.95. The molecule has 57 heavy (non-hydrogen) atoms. The Labute approximate surface area is 334 Å². The topological polar surface area (TPSA) is 222 Å². The summed E-state index contributed by atoms with van der Waals surface area (Å²) in [6.45, 7) is 12.6. The first-order valence-corrected chi connectivity index (χ1v) is 19.8. The molecule has 3 fully saturated rings. The second-order valence-electron chi connectivity index (χ2n) is 16.6. The van der Waals surface area contributed by atoms with Crippen LogP contribution >= 0.6 is 0 Å². The number of carbonyl (C=O) groups excluding carboxylic acids is 3. The largest absolute Gasteiger partial charge is 0.458 e. The van der Waals surface area contributed by atoms with Crippen molar-refractivity contribution in [2.45, 2.75) is 141 Å². The highest BCUT2D eigenvalue weighted by Gasteiger charge is 2.55. The molecule has 4 aliphatic heterocycles. The van der Waals surface area contributed by atoms with Gasteiger partial charge in [0.1, 0.15) is 36.4 Å². The summed E-state index contributed by atoms with van der Waals surface area (Å²) in [7, 11) is 3.78. The van der Waals surface area contributed by atoms with Crippen molar-refractivity contribution in [2.75, 3.05) is 27.3 Å². The summed E-state index contributed by atoms with van der Waals surface area (Å²) in [5, 5.41) is 24.9. The number of Topliss-reactive ketones (excluding diaryl/α,β-unsaturated/α-hetero) is 1. The van der Waals surface area contributed by atoms with Gasteiger partial charge in [-0.2, -0.15) is 0 Å². The maximum absolute atomic E-state index is 14.4. The van der Waals surface area contributed by atoms with Crippen molar-refractivity contribution in [3.8, 4) is 0 Å². The van der Waals surface area contributed by atoms with Crippen molar-refractivity contribution in [3.05, 3.63) is 35.4 Å². The number of nitrogens with one attached hydrogen (secondary N) is 1. The van der Waals surface area contributed by atoms with E-state index >= 15 is 0 Å². The Hall–Kier alpha value is -3.71. The molecule has 4 aliphatic rings. The number of esters is 1. The number of hydroxylamine groups is 1. The van der Waals surface area contributed by atoms with E-state index in [1.165, 1.54) is 0 Å². The smallest absolute Gasteiger partial charge is 0.311 e. The SMILES string of the molecule is CC[C@H]1OC(=O)[C@H](C)[C@H]2C[C@@H](OC3O[C@H](C)C[C@H](N(C)C)[C@H]3O)[C@](C)(C[C@@H](C)C(=O)[C@H](C)C3N=C(N)OC31C)OC/C(=N/OCc1ccc(C(=O)NO)cc1)CO2. The maximum atomic E-state index is 14.4. The fourth-order valence-electron chi connectivity index (χ4n) is 8.50. The van der Waals surface area contributed by atoms with E-state index in [1.54, 1.807) is 50.5 Å². The Morgan fingerprint density at radius 1 is 1.09 bits per heavy atom. The first kappa shape index (κ1) is 44.4. The molecule has 0 spiro atoms. The molecule has 5 N–H and O–H groups in total. The normalized spacial score (nSPS) is 38.8. The van der Waals surface area contributed by atoms with E-state index in [4.69, 9.17) is 44.2 Å². The second kappa shape index (κ2) is 18.5. The number of ketones is 1. The van der Waals surface area contributed by atoms with Gasteiger partial charge in [0.15, 0.2) is 11.9 Å². The molecule has 17 heteroatoms. The van der Waals surface area contributed by atoms with E-state index in [0.717, 1.165) is 0 Å². The van der Waals surface area contributed by atoms with Crippen molar-refractivity contribution in [1.29, 1.82) is 0 Å². The third-order valence-electron chi connectivity index (χ3n) is 12.0. The van der Waals surface area contributed by atoms with Crippen molar-refractivity contribution < 1.29 is 58.0 Å². The molecule has 0 radical (unpaired) electrons. The second-order valence-corrected chi connectivity index (χ2v) is 16.6. The number of cyclic esters (lactones) is 1. The van der Waals surface area contributed by atoms with Gasteiger partial charge >= 0.3 is 5.97 Å². The number of nitrogens with zero attached hydrogens (tertiary/aromatic N) is 3. The number of fused-ring (bicyclic) bond motifs is 4. The van der Waals surface area contributed by atoms with Crippen LogP contribution in [0.5, 0.6) is 0 Å². The van der Waals surface area contributed by atoms with Crippen molar-refractivity contribution >= 4 is 29.4 Å². The summed E-state index contributed by atoms with van der Waals surface area (Å²) in [5.74, 6) is -3.45. The highest BCUT2D eigenvalue weighted by atomic mass is 16.7. The van der Waals surface area contributed by atoms with Gasteiger partial charge in [0.25, 0.3) is 11.9 Å². The molecule has 1 aromatic carbocycles. The van der Waals surface area contributed by atoms with Gasteiger partial charge in [-0.25, -0.2) is 10.5 Å². The summed E-state index contributed by atoms with van der Waals surface area (Å²) in [6.07, 6.45) is -3.62. The number of likely N-dealkylation sites (N-methyl/N-ethyl adjacent to an activating group) is 1. The molecule has 318 valence electrons. The highest BCUT2D eigenvalue weighted by Crippen LogP contribution is 2.41. The summed E-state index contributed by atoms with van der Waals surface area (Å²) < 4.78 is 38.6. The lowest BCUT2D eigenvalue weighted by Gasteiger charge is -2.46. The number of amides is 1. The van der Waals surface area contributed by atoms with Crippen molar-refractivity contribution in [1.82, 2.24) is 10.4 Å². The van der Waals surface area contributed by atoms with Crippen molar-refractivity contribution in [3.63, 3.8) is 0 Å². The van der Waals surface area contributed by atoms with E-state index in [0.29, 0.717) is 24.1 Å². The number of benzene rings is 1. The van der Waals surface area contributed by atoms with Gasteiger partial charge < -0.3 is 49.0 Å². The first-order chi connectivity index (χ1) is 26.9. The molecule has 5 rings (SSSR count). The number of hydrogen-bond acceptors (Lipinski definition) is 16. The molecule has 13 atom stereocenters. The lowest BCUT2D eigenvalue weighted by atomic mass is 9.75. The van der Waals surface area contributed by atoms with Gasteiger partial charge in [0, 0.05) is 29.9 Å². The lowest BCUT2D eigenvalue weighted by Crippen LogP contribution is -2.58. The van der Waals surface area contributed by atoms with Gasteiger partial charge in [-0.05, 0) is 78.7 Å². The van der Waals surface area contributed by atoms with Crippen LogP contribution in [-0.4, -0.2) is 132 Å². The fraction of sp³-hybridized carbons (Fsp3) is 0.725. The lowest BCUT2D eigenvalue weighted by molar-refractivity contribution is -0.294. The number of aliphatic hydroxyl groups is 1. The minimum atomic E-state index is -1.24. The van der Waals surface area contributed by atoms with E-state index in [9.17, 15) is 19.5 Å². The average Bonchev–Trinajstić information content (AvgIpc) is 3.52. The van der Waals surface area contributed by atoms with Crippen LogP contribution < -0.4 is 11.2 Å². The monoisotopic (exact) mass is 803 g/mol. The predicted molar refractivity (Wildman–Crippen MR) is 206 cm³/mol. The van der Waals surface area contributed by atoms with Crippen LogP contribution in [0.2, 0.25) is 0 Å². The van der Waals surface area contributed by atoms with Crippen LogP contribution in [-0.2, 0) is 49.5 Å². The van der Waals surface area contributed by atoms with Crippen LogP contribution in [0.25, 0.3) is 0 Å². The Bertz CT molecular complexity index is 1640. The number of hydrogen-bond donors (Lipinski definition) is 4. The summed E-state index contributed by atoms with van der Waals surface area (Å²) in [5.41, 5.74) is 6.61. The molecule has 1 aromatic rings. The van der Waals surface area contributed by atoms with Crippen LogP contribution in [0, 0.1) is 17.8 Å². The van der Waals surface area contributed by atoms with Crippen LogP contribution in [0.4, 0.5) is 0 Å². The number of nitrogens with two attached hydrogens (primary N) is 1. The zero-order valence-corrected chi connectivity index (χ0v) is 34.5. The molecular formula is C40H61N5O12. The van der Waals surface area contributed by atoms with Gasteiger partial charge in [-0.1, -0.05) is 38.1 Å². The number of oxime groups is 1. The first-order valence-electron chi connectivity index (χ1n) is 19.8. The standard InChI is InChI=1S/C40H61N5O12/c1-10-30-40(7)34(42-38(41)57-40)24(5)32(46)21(2)17-39(6)31(56-37-33(47)28(45(8)9)15-22(3)54-37)16-29(23(4)36(49)55-30)51-19-27(20-52-39)44-53-18-25-11-13-26(14-12-25)35(48)43-50/h11-14,21-24,28-31,33-34,37,47,50H,10,15-20H2,1-9H3,(H2,41,42)(H,43,48)/b44-27+/t21-,22-,23-,24+,28+,29-,30-,31-,33-,34?,37?,39+,40?/m1/s1. The molecule has 3 saturated heterocycles. The zero-order valence-electron chi connectivity index (χ0n) is 34.5. The van der Waals surface area contributed by atoms with Gasteiger partial charge in [0.2, 0.25) is 0 Å². The predicted octanol–water partition coefficient (Wildman–Crippen LogP) is 2.73. The molecule has 1 amide bonds. The van der Waals surface area contributed by atoms with Gasteiger partial charge in [0.05, 0.1) is 43.0 Å². The maximum Gasteiger partial charge on any atom is 0.311 e. The number of amidine groups is 1. The highest BCUT2D eigenvalue weighted by molar-refractivity contribution is 5.93. The van der Waals surface area contributed by atoms with Crippen molar-refractivity contribution in [2.24, 2.45) is 33.6 Å². The van der Waals surface area contributed by atoms with E-state index in [1.807, 2.05) is 46.7 Å². The molecule has 17 nitrogen and oxygen atoms in total. The summed E-state index contributed by atoms with van der Waals surface area (Å²) in [6, 6.07) is 5.35. The average molecular weight is 804 g/mol. The third-order valence-corrected chi connectivity index (χ3v) is 12.0. The van der Waals surface area contributed by atoms with Crippen LogP contribution in [0.1, 0.15) is 90.1 Å². The van der Waals surface area contributed by atoms with Gasteiger partial charge in [-0.15, -0.1) is 0 Å². The number of carbonyl (C=O) groups is 3. The quantitative estimate of drug-likeness (QED) is 0.169. The minimum absolute atomic E-state index is 0.0403. The Morgan fingerprint density at radius 2 is 1.79 bits per heavy atom. The van der Waals surface area contributed by atoms with E-state index in [2.05, 4.69) is 10.1 Å². The van der Waals surface area contributed by atoms with Crippen LogP contribution in [0.15, 0.2) is 34.4 Å². The molecule has 3 unspecified atom stereocenters. The summed E-state index contributed by atoms with van der Waals surface area (Å²) in [4.78, 5) is 52.6. The number of aliphatic imine (C=N–C) groups is 1. The van der Waals surface area contributed by atoms with Gasteiger partial charge in [-0.3, -0.25) is 19.6 Å². The fourth-order valence-corrected chi connectivity index (χ4v) is 8.50. The Balaban J connectivity index is 1.53. The number of ether oxygens (including phenoxy) is 6. The Morgan fingerprint density at radius 3 is 2.44 bits per heavy atom. The minimum Gasteiger partial charge on any atom is -0.458 e. The van der Waals surface area contributed by atoms with Crippen LogP contribution in [0.3, 0.4) is 0 Å². The number of rotatable bonds is 8.